The molecule has 3 rings (SSSR count). The number of guanidine groups is 1. The molecule has 0 spiro atoms. The number of nitrogens with one attached hydrogen (secondary N) is 2. The Labute approximate surface area is 193 Å². The maximum absolute atomic E-state index is 6.25. The molecule has 1 aliphatic rings. The van der Waals surface area contributed by atoms with Gasteiger partial charge in [0.2, 0.25) is 0 Å². The zero-order chi connectivity index (χ0) is 18.9. The molecule has 2 heterocycles. The Kier molecular flexibility index (Phi) is 10.6. The summed E-state index contributed by atoms with van der Waals surface area (Å²) in [6, 6.07) is 10.5. The second-order valence-corrected chi connectivity index (χ2v) is 7.64. The minimum atomic E-state index is 0. The van der Waals surface area contributed by atoms with Crippen molar-refractivity contribution in [1.29, 1.82) is 0 Å². The highest BCUT2D eigenvalue weighted by molar-refractivity contribution is 14.0. The minimum Gasteiger partial charge on any atom is -0.379 e. The molecule has 0 aliphatic carbocycles. The van der Waals surface area contributed by atoms with Gasteiger partial charge in [-0.15, -0.1) is 24.0 Å². The van der Waals surface area contributed by atoms with Gasteiger partial charge in [-0.25, -0.2) is 4.99 Å². The molecule has 0 radical (unpaired) electrons. The van der Waals surface area contributed by atoms with Crippen LogP contribution in [0.3, 0.4) is 0 Å². The Hall–Kier alpha value is -0.870. The van der Waals surface area contributed by atoms with Gasteiger partial charge in [0.1, 0.15) is 0 Å². The van der Waals surface area contributed by atoms with E-state index in [1.54, 1.807) is 11.3 Å². The van der Waals surface area contributed by atoms with E-state index in [-0.39, 0.29) is 30.0 Å². The highest BCUT2D eigenvalue weighted by Gasteiger charge is 2.23. The summed E-state index contributed by atoms with van der Waals surface area (Å²) in [5, 5.41) is 11.8. The molecule has 1 fully saturated rings. The number of nitrogens with zero attached hydrogens (tertiary/aromatic N) is 2. The van der Waals surface area contributed by atoms with Gasteiger partial charge in [0.25, 0.3) is 0 Å². The van der Waals surface area contributed by atoms with Crippen LogP contribution in [0, 0.1) is 0 Å². The predicted molar refractivity (Wildman–Crippen MR) is 129 cm³/mol. The number of hydrogen-bond donors (Lipinski definition) is 2. The number of morpholine rings is 1. The minimum absolute atomic E-state index is 0. The molecule has 1 aromatic carbocycles. The van der Waals surface area contributed by atoms with Crippen LogP contribution in [0.5, 0.6) is 0 Å². The van der Waals surface area contributed by atoms with Crippen molar-refractivity contribution in [2.75, 3.05) is 39.4 Å². The Bertz CT molecular complexity index is 723. The molecule has 28 heavy (non-hydrogen) atoms. The molecule has 2 N–H and O–H groups in total. The maximum Gasteiger partial charge on any atom is 0.191 e. The van der Waals surface area contributed by atoms with E-state index in [1.165, 1.54) is 11.1 Å². The molecule has 1 aromatic heterocycles. The van der Waals surface area contributed by atoms with Gasteiger partial charge in [0, 0.05) is 31.2 Å². The SMILES string of the molecule is CCNC(=NCc1ccsc1)NCC(c1cccc(Cl)c1)N1CCOCC1.I. The predicted octanol–water partition coefficient (Wildman–Crippen LogP) is 4.15. The third-order valence-corrected chi connectivity index (χ3v) is 5.49. The van der Waals surface area contributed by atoms with E-state index in [1.807, 2.05) is 12.1 Å². The lowest BCUT2D eigenvalue weighted by Crippen LogP contribution is -2.46. The third-order valence-electron chi connectivity index (χ3n) is 4.53. The first-order valence-electron chi connectivity index (χ1n) is 9.36. The second kappa shape index (κ2) is 12.6. The fourth-order valence-corrected chi connectivity index (χ4v) is 4.01. The number of rotatable bonds is 7. The molecule has 1 unspecified atom stereocenters. The molecule has 154 valence electrons. The molecule has 1 aliphatic heterocycles. The van der Waals surface area contributed by atoms with E-state index in [0.29, 0.717) is 6.54 Å². The Balaban J connectivity index is 0.00000280. The van der Waals surface area contributed by atoms with E-state index in [2.05, 4.69) is 51.4 Å². The largest absolute Gasteiger partial charge is 0.379 e. The molecule has 0 amide bonds. The smallest absolute Gasteiger partial charge is 0.191 e. The van der Waals surface area contributed by atoms with Crippen molar-refractivity contribution in [1.82, 2.24) is 15.5 Å². The van der Waals surface area contributed by atoms with Gasteiger partial charge in [0.15, 0.2) is 5.96 Å². The summed E-state index contributed by atoms with van der Waals surface area (Å²) in [6.07, 6.45) is 0. The Morgan fingerprint density at radius 1 is 1.29 bits per heavy atom. The summed E-state index contributed by atoms with van der Waals surface area (Å²) in [5.41, 5.74) is 2.45. The number of thiophene rings is 1. The number of aliphatic imine (C=N–C) groups is 1. The van der Waals surface area contributed by atoms with Crippen LogP contribution < -0.4 is 10.6 Å². The van der Waals surface area contributed by atoms with Crippen LogP contribution in [-0.4, -0.2) is 50.3 Å². The van der Waals surface area contributed by atoms with Gasteiger partial charge in [0.05, 0.1) is 25.8 Å². The maximum atomic E-state index is 6.25. The van der Waals surface area contributed by atoms with E-state index in [0.717, 1.165) is 50.4 Å². The van der Waals surface area contributed by atoms with Crippen LogP contribution in [0.1, 0.15) is 24.1 Å². The van der Waals surface area contributed by atoms with Crippen molar-refractivity contribution < 1.29 is 4.74 Å². The van der Waals surface area contributed by atoms with E-state index < -0.39 is 0 Å². The van der Waals surface area contributed by atoms with Crippen molar-refractivity contribution >= 4 is 52.9 Å². The molecule has 8 heteroatoms. The highest BCUT2D eigenvalue weighted by atomic mass is 127. The summed E-state index contributed by atoms with van der Waals surface area (Å²) in [4.78, 5) is 7.17. The van der Waals surface area contributed by atoms with Crippen LogP contribution >= 0.6 is 46.9 Å². The van der Waals surface area contributed by atoms with Crippen LogP contribution in [0.2, 0.25) is 5.02 Å². The first kappa shape index (κ1) is 23.4. The van der Waals surface area contributed by atoms with Gasteiger partial charge in [-0.05, 0) is 47.0 Å². The first-order valence-corrected chi connectivity index (χ1v) is 10.7. The monoisotopic (exact) mass is 534 g/mol. The summed E-state index contributed by atoms with van der Waals surface area (Å²) < 4.78 is 5.53. The zero-order valence-electron chi connectivity index (χ0n) is 16.1. The summed E-state index contributed by atoms with van der Waals surface area (Å²) in [7, 11) is 0. The summed E-state index contributed by atoms with van der Waals surface area (Å²) in [5.74, 6) is 0.837. The van der Waals surface area contributed by atoms with Crippen LogP contribution in [0.25, 0.3) is 0 Å². The summed E-state index contributed by atoms with van der Waals surface area (Å²) >= 11 is 7.95. The molecule has 0 saturated carbocycles. The molecular weight excluding hydrogens is 507 g/mol. The number of benzene rings is 1. The van der Waals surface area contributed by atoms with Crippen molar-refractivity contribution in [3.05, 3.63) is 57.2 Å². The average Bonchev–Trinajstić information content (AvgIpc) is 3.21. The topological polar surface area (TPSA) is 48.9 Å². The number of halogens is 2. The van der Waals surface area contributed by atoms with Crippen LogP contribution in [0.15, 0.2) is 46.1 Å². The molecule has 1 atom stereocenters. The van der Waals surface area contributed by atoms with Gasteiger partial charge in [-0.1, -0.05) is 23.7 Å². The molecule has 0 bridgehead atoms. The van der Waals surface area contributed by atoms with Gasteiger partial charge >= 0.3 is 0 Å². The lowest BCUT2D eigenvalue weighted by atomic mass is 10.0. The molecule has 2 aromatic rings. The zero-order valence-corrected chi connectivity index (χ0v) is 20.0. The van der Waals surface area contributed by atoms with Crippen LogP contribution in [0.4, 0.5) is 0 Å². The summed E-state index contributed by atoms with van der Waals surface area (Å²) in [6.45, 7) is 7.72. The van der Waals surface area contributed by atoms with Crippen molar-refractivity contribution in [3.8, 4) is 0 Å². The fraction of sp³-hybridized carbons (Fsp3) is 0.450. The van der Waals surface area contributed by atoms with Gasteiger partial charge in [-0.3, -0.25) is 4.90 Å². The number of hydrogen-bond acceptors (Lipinski definition) is 4. The van der Waals surface area contributed by atoms with Gasteiger partial charge < -0.3 is 15.4 Å². The van der Waals surface area contributed by atoms with Crippen molar-refractivity contribution in [2.45, 2.75) is 19.5 Å². The third kappa shape index (κ3) is 7.18. The standard InChI is InChI=1S/C20H27ClN4OS.HI/c1-2-22-20(23-13-16-6-11-27-15-16)24-14-19(25-7-9-26-10-8-25)17-4-3-5-18(21)12-17;/h3-6,11-12,15,19H,2,7-10,13-14H2,1H3,(H2,22,23,24);1H. The Morgan fingerprint density at radius 2 is 2.11 bits per heavy atom. The fourth-order valence-electron chi connectivity index (χ4n) is 3.15. The first-order chi connectivity index (χ1) is 13.3. The van der Waals surface area contributed by atoms with Crippen LogP contribution in [-0.2, 0) is 11.3 Å². The highest BCUT2D eigenvalue weighted by Crippen LogP contribution is 2.24. The quantitative estimate of drug-likeness (QED) is 0.318. The normalized spacial score (nSPS) is 16.3. The second-order valence-electron chi connectivity index (χ2n) is 6.43. The average molecular weight is 535 g/mol. The van der Waals surface area contributed by atoms with E-state index >= 15 is 0 Å². The lowest BCUT2D eigenvalue weighted by Gasteiger charge is -2.35. The molecule has 5 nitrogen and oxygen atoms in total. The van der Waals surface area contributed by atoms with Gasteiger partial charge in [-0.2, -0.15) is 11.3 Å². The number of ether oxygens (including phenoxy) is 1. The van der Waals surface area contributed by atoms with Crippen molar-refractivity contribution in [3.63, 3.8) is 0 Å². The lowest BCUT2D eigenvalue weighted by molar-refractivity contribution is 0.0170. The molecule has 1 saturated heterocycles. The van der Waals surface area contributed by atoms with E-state index in [4.69, 9.17) is 21.3 Å². The van der Waals surface area contributed by atoms with Crippen molar-refractivity contribution in [2.24, 2.45) is 4.99 Å². The van der Waals surface area contributed by atoms with E-state index in [9.17, 15) is 0 Å². The molecular formula is C20H28ClIN4OS. The Morgan fingerprint density at radius 3 is 2.79 bits per heavy atom.